The summed E-state index contributed by atoms with van der Waals surface area (Å²) >= 11 is 0. The van der Waals surface area contributed by atoms with E-state index in [1.807, 2.05) is 55.4 Å². The molecule has 3 aromatic rings. The lowest BCUT2D eigenvalue weighted by atomic mass is 9.87. The van der Waals surface area contributed by atoms with Crippen molar-refractivity contribution in [2.45, 2.75) is 26.2 Å². The van der Waals surface area contributed by atoms with Crippen molar-refractivity contribution in [3.8, 4) is 0 Å². The molecule has 0 spiro atoms. The fourth-order valence-electron chi connectivity index (χ4n) is 2.77. The largest absolute Gasteiger partial charge is 0.378 e. The zero-order chi connectivity index (χ0) is 21.0. The SMILES string of the molecule is CN(C)c1ccc(NC(=O)c2ccnc(Nc3ccc(C(C)(C)C)cc3)n2)cc1. The molecule has 0 saturated heterocycles. The van der Waals surface area contributed by atoms with Gasteiger partial charge in [0.05, 0.1) is 0 Å². The van der Waals surface area contributed by atoms with Gasteiger partial charge >= 0.3 is 0 Å². The summed E-state index contributed by atoms with van der Waals surface area (Å²) in [5.41, 5.74) is 4.29. The smallest absolute Gasteiger partial charge is 0.274 e. The Kier molecular flexibility index (Phi) is 5.82. The summed E-state index contributed by atoms with van der Waals surface area (Å²) < 4.78 is 0. The molecule has 29 heavy (non-hydrogen) atoms. The predicted molar refractivity (Wildman–Crippen MR) is 119 cm³/mol. The highest BCUT2D eigenvalue weighted by Gasteiger charge is 2.13. The summed E-state index contributed by atoms with van der Waals surface area (Å²) in [6, 6.07) is 17.4. The Balaban J connectivity index is 1.69. The number of rotatable bonds is 5. The van der Waals surface area contributed by atoms with E-state index in [0.717, 1.165) is 11.4 Å². The van der Waals surface area contributed by atoms with Crippen LogP contribution in [0.4, 0.5) is 23.0 Å². The summed E-state index contributed by atoms with van der Waals surface area (Å²) in [7, 11) is 3.94. The van der Waals surface area contributed by atoms with Gasteiger partial charge in [0.2, 0.25) is 5.95 Å². The second-order valence-corrected chi connectivity index (χ2v) is 8.11. The van der Waals surface area contributed by atoms with Crippen LogP contribution >= 0.6 is 0 Å². The fraction of sp³-hybridized carbons (Fsp3) is 0.261. The zero-order valence-corrected chi connectivity index (χ0v) is 17.5. The molecule has 150 valence electrons. The predicted octanol–water partition coefficient (Wildman–Crippen LogP) is 4.84. The lowest BCUT2D eigenvalue weighted by molar-refractivity contribution is 0.102. The summed E-state index contributed by atoms with van der Waals surface area (Å²) in [6.45, 7) is 6.53. The molecule has 1 aromatic heterocycles. The van der Waals surface area contributed by atoms with Crippen LogP contribution in [0.2, 0.25) is 0 Å². The number of amides is 1. The Labute approximate surface area is 172 Å². The molecular formula is C23H27N5O. The van der Waals surface area contributed by atoms with Gasteiger partial charge in [-0.15, -0.1) is 0 Å². The molecule has 0 bridgehead atoms. The molecule has 1 heterocycles. The van der Waals surface area contributed by atoms with Crippen LogP contribution < -0.4 is 15.5 Å². The van der Waals surface area contributed by atoms with Gasteiger partial charge in [0.1, 0.15) is 5.69 Å². The normalized spacial score (nSPS) is 11.1. The number of hydrogen-bond acceptors (Lipinski definition) is 5. The molecule has 0 aliphatic rings. The van der Waals surface area contributed by atoms with Gasteiger partial charge in [-0.3, -0.25) is 4.79 Å². The third-order valence-corrected chi connectivity index (χ3v) is 4.54. The zero-order valence-electron chi connectivity index (χ0n) is 17.5. The molecule has 0 aliphatic carbocycles. The maximum atomic E-state index is 12.6. The molecule has 2 N–H and O–H groups in total. The van der Waals surface area contributed by atoms with Gasteiger partial charge in [-0.25, -0.2) is 9.97 Å². The maximum Gasteiger partial charge on any atom is 0.274 e. The van der Waals surface area contributed by atoms with Crippen LogP contribution in [0.5, 0.6) is 0 Å². The van der Waals surface area contributed by atoms with Crippen molar-refractivity contribution in [3.63, 3.8) is 0 Å². The van der Waals surface area contributed by atoms with Crippen LogP contribution in [0.15, 0.2) is 60.8 Å². The molecule has 0 saturated carbocycles. The first-order chi connectivity index (χ1) is 13.7. The highest BCUT2D eigenvalue weighted by Crippen LogP contribution is 2.24. The second-order valence-electron chi connectivity index (χ2n) is 8.11. The van der Waals surface area contributed by atoms with E-state index in [1.54, 1.807) is 12.3 Å². The van der Waals surface area contributed by atoms with Crippen molar-refractivity contribution in [2.75, 3.05) is 29.6 Å². The van der Waals surface area contributed by atoms with Crippen LogP contribution in [-0.4, -0.2) is 30.0 Å². The number of aromatic nitrogens is 2. The average Bonchev–Trinajstić information content (AvgIpc) is 2.68. The lowest BCUT2D eigenvalue weighted by Gasteiger charge is -2.19. The Bertz CT molecular complexity index is 973. The third-order valence-electron chi connectivity index (χ3n) is 4.54. The maximum absolute atomic E-state index is 12.6. The second kappa shape index (κ2) is 8.31. The molecule has 0 atom stereocenters. The summed E-state index contributed by atoms with van der Waals surface area (Å²) in [5.74, 6) is 0.0975. The van der Waals surface area contributed by atoms with Gasteiger partial charge in [0, 0.05) is 37.4 Å². The first-order valence-corrected chi connectivity index (χ1v) is 9.52. The van der Waals surface area contributed by atoms with E-state index in [9.17, 15) is 4.79 Å². The number of anilines is 4. The van der Waals surface area contributed by atoms with Crippen LogP contribution in [0, 0.1) is 0 Å². The third kappa shape index (κ3) is 5.31. The molecule has 6 nitrogen and oxygen atoms in total. The minimum Gasteiger partial charge on any atom is -0.378 e. The quantitative estimate of drug-likeness (QED) is 0.654. The topological polar surface area (TPSA) is 70.2 Å². The molecule has 1 amide bonds. The lowest BCUT2D eigenvalue weighted by Crippen LogP contribution is -2.15. The minimum atomic E-state index is -0.281. The number of carbonyl (C=O) groups is 1. The standard InChI is InChI=1S/C23H27N5O/c1-23(2,3)16-6-8-18(9-7-16)26-22-24-15-14-20(27-22)21(29)25-17-10-12-19(13-11-17)28(4)5/h6-15H,1-5H3,(H,25,29)(H,24,26,27). The van der Waals surface area contributed by atoms with Crippen LogP contribution in [0.1, 0.15) is 36.8 Å². The highest BCUT2D eigenvalue weighted by atomic mass is 16.1. The number of benzene rings is 2. The van der Waals surface area contributed by atoms with Gasteiger partial charge in [0.15, 0.2) is 0 Å². The van der Waals surface area contributed by atoms with Gasteiger partial charge in [-0.1, -0.05) is 32.9 Å². The van der Waals surface area contributed by atoms with Crippen molar-refractivity contribution in [3.05, 3.63) is 72.1 Å². The van der Waals surface area contributed by atoms with E-state index in [0.29, 0.717) is 17.3 Å². The summed E-state index contributed by atoms with van der Waals surface area (Å²) in [4.78, 5) is 23.1. The van der Waals surface area contributed by atoms with Gasteiger partial charge in [-0.2, -0.15) is 0 Å². The van der Waals surface area contributed by atoms with Crippen molar-refractivity contribution >= 4 is 28.9 Å². The van der Waals surface area contributed by atoms with Gasteiger partial charge in [-0.05, 0) is 53.4 Å². The minimum absolute atomic E-state index is 0.0950. The molecule has 2 aromatic carbocycles. The highest BCUT2D eigenvalue weighted by molar-refractivity contribution is 6.03. The van der Waals surface area contributed by atoms with Crippen LogP contribution in [-0.2, 0) is 5.41 Å². The molecule has 0 unspecified atom stereocenters. The first kappa shape index (κ1) is 20.3. The number of nitrogens with zero attached hydrogens (tertiary/aromatic N) is 3. The fourth-order valence-corrected chi connectivity index (χ4v) is 2.77. The molecule has 0 aliphatic heterocycles. The molecule has 0 fully saturated rings. The Hall–Kier alpha value is -3.41. The van der Waals surface area contributed by atoms with E-state index in [1.165, 1.54) is 5.56 Å². The number of nitrogens with one attached hydrogen (secondary N) is 2. The molecular weight excluding hydrogens is 362 g/mol. The van der Waals surface area contributed by atoms with Crippen molar-refractivity contribution in [2.24, 2.45) is 0 Å². The van der Waals surface area contributed by atoms with E-state index >= 15 is 0 Å². The monoisotopic (exact) mass is 389 g/mol. The van der Waals surface area contributed by atoms with Crippen LogP contribution in [0.25, 0.3) is 0 Å². The molecule has 0 radical (unpaired) electrons. The summed E-state index contributed by atoms with van der Waals surface area (Å²) in [6.07, 6.45) is 1.57. The Morgan fingerprint density at radius 1 is 0.897 bits per heavy atom. The summed E-state index contributed by atoms with van der Waals surface area (Å²) in [5, 5.41) is 6.02. The number of hydrogen-bond donors (Lipinski definition) is 2. The van der Waals surface area contributed by atoms with Crippen molar-refractivity contribution in [1.29, 1.82) is 0 Å². The molecule has 3 rings (SSSR count). The first-order valence-electron chi connectivity index (χ1n) is 9.52. The van der Waals surface area contributed by atoms with Gasteiger partial charge < -0.3 is 15.5 Å². The van der Waals surface area contributed by atoms with Crippen LogP contribution in [0.3, 0.4) is 0 Å². The Morgan fingerprint density at radius 2 is 1.52 bits per heavy atom. The average molecular weight is 390 g/mol. The van der Waals surface area contributed by atoms with E-state index in [-0.39, 0.29) is 11.3 Å². The Morgan fingerprint density at radius 3 is 2.10 bits per heavy atom. The van der Waals surface area contributed by atoms with E-state index < -0.39 is 0 Å². The van der Waals surface area contributed by atoms with Gasteiger partial charge in [0.25, 0.3) is 5.91 Å². The molecule has 6 heteroatoms. The van der Waals surface area contributed by atoms with Crippen molar-refractivity contribution in [1.82, 2.24) is 9.97 Å². The van der Waals surface area contributed by atoms with Crippen molar-refractivity contribution < 1.29 is 4.79 Å². The number of carbonyl (C=O) groups excluding carboxylic acids is 1. The van der Waals surface area contributed by atoms with E-state index in [4.69, 9.17) is 0 Å². The van der Waals surface area contributed by atoms with E-state index in [2.05, 4.69) is 53.5 Å².